The third kappa shape index (κ3) is 4.44. The SMILES string of the molecule is CCCc1nc(CCCN(C)C)sc1C(=O)O. The summed E-state index contributed by atoms with van der Waals surface area (Å²) in [6.07, 6.45) is 3.57. The van der Waals surface area contributed by atoms with Crippen molar-refractivity contribution in [3.63, 3.8) is 0 Å². The van der Waals surface area contributed by atoms with Gasteiger partial charge >= 0.3 is 5.97 Å². The maximum Gasteiger partial charge on any atom is 0.347 e. The topological polar surface area (TPSA) is 53.4 Å². The number of nitrogens with zero attached hydrogens (tertiary/aromatic N) is 2. The normalized spacial score (nSPS) is 11.1. The molecule has 0 fully saturated rings. The zero-order chi connectivity index (χ0) is 12.8. The first-order valence-electron chi connectivity index (χ1n) is 5.91. The van der Waals surface area contributed by atoms with Crippen molar-refractivity contribution in [2.75, 3.05) is 20.6 Å². The molecule has 4 nitrogen and oxygen atoms in total. The van der Waals surface area contributed by atoms with E-state index < -0.39 is 5.97 Å². The molecule has 0 aromatic carbocycles. The van der Waals surface area contributed by atoms with E-state index in [1.807, 2.05) is 21.0 Å². The van der Waals surface area contributed by atoms with Crippen LogP contribution in [0.2, 0.25) is 0 Å². The molecule has 0 bridgehead atoms. The molecular weight excluding hydrogens is 236 g/mol. The third-order valence-corrected chi connectivity index (χ3v) is 3.56. The molecule has 1 N–H and O–H groups in total. The Hall–Kier alpha value is -0.940. The number of aromatic carboxylic acids is 1. The minimum Gasteiger partial charge on any atom is -0.477 e. The number of aromatic nitrogens is 1. The first-order chi connectivity index (χ1) is 8.04. The van der Waals surface area contributed by atoms with Gasteiger partial charge in [-0.05, 0) is 33.5 Å². The van der Waals surface area contributed by atoms with Crippen LogP contribution in [0.3, 0.4) is 0 Å². The molecule has 0 atom stereocenters. The maximum atomic E-state index is 11.1. The molecule has 96 valence electrons. The van der Waals surface area contributed by atoms with Crippen LogP contribution >= 0.6 is 11.3 Å². The van der Waals surface area contributed by atoms with Gasteiger partial charge in [-0.2, -0.15) is 0 Å². The predicted octanol–water partition coefficient (Wildman–Crippen LogP) is 2.29. The van der Waals surface area contributed by atoms with Crippen LogP contribution in [0.15, 0.2) is 0 Å². The second kappa shape index (κ2) is 6.71. The predicted molar refractivity (Wildman–Crippen MR) is 69.9 cm³/mol. The van der Waals surface area contributed by atoms with E-state index in [-0.39, 0.29) is 0 Å². The van der Waals surface area contributed by atoms with Crippen LogP contribution in [0.5, 0.6) is 0 Å². The zero-order valence-electron chi connectivity index (χ0n) is 10.7. The van der Waals surface area contributed by atoms with E-state index in [0.29, 0.717) is 4.88 Å². The summed E-state index contributed by atoms with van der Waals surface area (Å²) in [4.78, 5) is 18.0. The Balaban J connectivity index is 2.67. The summed E-state index contributed by atoms with van der Waals surface area (Å²) in [5.74, 6) is -0.843. The van der Waals surface area contributed by atoms with Gasteiger partial charge in [-0.3, -0.25) is 0 Å². The Kier molecular flexibility index (Phi) is 5.58. The molecule has 0 spiro atoms. The van der Waals surface area contributed by atoms with Gasteiger partial charge in [0.25, 0.3) is 0 Å². The summed E-state index contributed by atoms with van der Waals surface area (Å²) < 4.78 is 0. The first-order valence-corrected chi connectivity index (χ1v) is 6.72. The number of hydrogen-bond acceptors (Lipinski definition) is 4. The van der Waals surface area contributed by atoms with E-state index in [1.54, 1.807) is 0 Å². The highest BCUT2D eigenvalue weighted by molar-refractivity contribution is 7.13. The minimum atomic E-state index is -0.843. The fourth-order valence-electron chi connectivity index (χ4n) is 1.63. The van der Waals surface area contributed by atoms with Crippen molar-refractivity contribution in [2.24, 2.45) is 0 Å². The lowest BCUT2D eigenvalue weighted by Gasteiger charge is -2.07. The number of hydrogen-bond donors (Lipinski definition) is 1. The molecular formula is C12H20N2O2S. The monoisotopic (exact) mass is 256 g/mol. The van der Waals surface area contributed by atoms with Gasteiger partial charge in [0, 0.05) is 6.42 Å². The highest BCUT2D eigenvalue weighted by atomic mass is 32.1. The smallest absolute Gasteiger partial charge is 0.347 e. The minimum absolute atomic E-state index is 0.423. The van der Waals surface area contributed by atoms with E-state index in [2.05, 4.69) is 9.88 Å². The summed E-state index contributed by atoms with van der Waals surface area (Å²) in [7, 11) is 4.07. The van der Waals surface area contributed by atoms with Crippen LogP contribution in [-0.4, -0.2) is 41.6 Å². The van der Waals surface area contributed by atoms with Gasteiger partial charge in [0.15, 0.2) is 0 Å². The molecule has 0 saturated heterocycles. The Morgan fingerprint density at radius 1 is 1.41 bits per heavy atom. The maximum absolute atomic E-state index is 11.1. The standard InChI is InChI=1S/C12H20N2O2S/c1-4-6-9-11(12(15)16)17-10(13-9)7-5-8-14(2)3/h4-8H2,1-3H3,(H,15,16). The molecule has 0 radical (unpaired) electrons. The lowest BCUT2D eigenvalue weighted by Crippen LogP contribution is -2.13. The number of aryl methyl sites for hydroxylation is 2. The Morgan fingerprint density at radius 2 is 2.12 bits per heavy atom. The molecule has 1 heterocycles. The average molecular weight is 256 g/mol. The molecule has 0 saturated carbocycles. The van der Waals surface area contributed by atoms with Gasteiger partial charge in [0.2, 0.25) is 0 Å². The van der Waals surface area contributed by atoms with E-state index >= 15 is 0 Å². The molecule has 17 heavy (non-hydrogen) atoms. The average Bonchev–Trinajstić information content (AvgIpc) is 2.61. The number of carboxylic acid groups (broad SMARTS) is 1. The summed E-state index contributed by atoms with van der Waals surface area (Å²) in [6.45, 7) is 3.04. The molecule has 0 amide bonds. The quantitative estimate of drug-likeness (QED) is 0.813. The van der Waals surface area contributed by atoms with Gasteiger partial charge in [-0.1, -0.05) is 13.3 Å². The fourth-order valence-corrected chi connectivity index (χ4v) is 2.62. The number of carbonyl (C=O) groups is 1. The van der Waals surface area contributed by atoms with Crippen molar-refractivity contribution in [3.8, 4) is 0 Å². The summed E-state index contributed by atoms with van der Waals surface area (Å²) >= 11 is 1.33. The molecule has 1 aromatic heterocycles. The van der Waals surface area contributed by atoms with Crippen molar-refractivity contribution >= 4 is 17.3 Å². The number of thiazole rings is 1. The Bertz CT molecular complexity index is 375. The molecule has 1 aromatic rings. The van der Waals surface area contributed by atoms with E-state index in [9.17, 15) is 4.79 Å². The van der Waals surface area contributed by atoms with Crippen LogP contribution < -0.4 is 0 Å². The second-order valence-corrected chi connectivity index (χ2v) is 5.43. The van der Waals surface area contributed by atoms with Crippen LogP contribution in [0.1, 0.15) is 40.1 Å². The van der Waals surface area contributed by atoms with E-state index in [1.165, 1.54) is 11.3 Å². The van der Waals surface area contributed by atoms with E-state index in [4.69, 9.17) is 5.11 Å². The molecule has 5 heteroatoms. The highest BCUT2D eigenvalue weighted by Crippen LogP contribution is 2.21. The van der Waals surface area contributed by atoms with Crippen LogP contribution in [0.4, 0.5) is 0 Å². The first kappa shape index (κ1) is 14.1. The van der Waals surface area contributed by atoms with Crippen LogP contribution in [0, 0.1) is 0 Å². The van der Waals surface area contributed by atoms with Crippen molar-refractivity contribution in [3.05, 3.63) is 15.6 Å². The van der Waals surface area contributed by atoms with Crippen LogP contribution in [0.25, 0.3) is 0 Å². The second-order valence-electron chi connectivity index (χ2n) is 4.35. The molecule has 1 rings (SSSR count). The fraction of sp³-hybridized carbons (Fsp3) is 0.667. The van der Waals surface area contributed by atoms with Gasteiger partial charge < -0.3 is 10.0 Å². The molecule has 0 unspecified atom stereocenters. The molecule has 0 aliphatic carbocycles. The lowest BCUT2D eigenvalue weighted by atomic mass is 10.2. The van der Waals surface area contributed by atoms with Crippen molar-refractivity contribution in [1.29, 1.82) is 0 Å². The van der Waals surface area contributed by atoms with Gasteiger partial charge in [-0.15, -0.1) is 11.3 Å². The number of carboxylic acids is 1. The van der Waals surface area contributed by atoms with E-state index in [0.717, 1.165) is 42.9 Å². The summed E-state index contributed by atoms with van der Waals surface area (Å²) in [5.41, 5.74) is 0.754. The van der Waals surface area contributed by atoms with Gasteiger partial charge in [0.05, 0.1) is 10.7 Å². The Morgan fingerprint density at radius 3 is 2.65 bits per heavy atom. The number of rotatable bonds is 7. The van der Waals surface area contributed by atoms with Gasteiger partial charge in [0.1, 0.15) is 4.88 Å². The largest absolute Gasteiger partial charge is 0.477 e. The van der Waals surface area contributed by atoms with Crippen molar-refractivity contribution in [1.82, 2.24) is 9.88 Å². The third-order valence-electron chi connectivity index (χ3n) is 2.42. The van der Waals surface area contributed by atoms with Gasteiger partial charge in [-0.25, -0.2) is 9.78 Å². The van der Waals surface area contributed by atoms with Crippen LogP contribution in [-0.2, 0) is 12.8 Å². The van der Waals surface area contributed by atoms with Crippen molar-refractivity contribution in [2.45, 2.75) is 32.6 Å². The molecule has 0 aliphatic rings. The molecule has 0 aliphatic heterocycles. The summed E-state index contributed by atoms with van der Waals surface area (Å²) in [5, 5.41) is 10.0. The summed E-state index contributed by atoms with van der Waals surface area (Å²) in [6, 6.07) is 0. The zero-order valence-corrected chi connectivity index (χ0v) is 11.5. The Labute approximate surface area is 106 Å². The highest BCUT2D eigenvalue weighted by Gasteiger charge is 2.16. The lowest BCUT2D eigenvalue weighted by molar-refractivity contribution is 0.0700. The van der Waals surface area contributed by atoms with Crippen molar-refractivity contribution < 1.29 is 9.90 Å².